The molecule has 0 bridgehead atoms. The summed E-state index contributed by atoms with van der Waals surface area (Å²) in [6, 6.07) is 1.78. The van der Waals surface area contributed by atoms with Crippen LogP contribution in [0.1, 0.15) is 26.2 Å². The van der Waals surface area contributed by atoms with Gasteiger partial charge in [0.05, 0.1) is 6.20 Å². The van der Waals surface area contributed by atoms with Crippen LogP contribution in [-0.4, -0.2) is 23.2 Å². The van der Waals surface area contributed by atoms with Crippen molar-refractivity contribution in [3.05, 3.63) is 12.3 Å². The maximum atomic E-state index is 11.5. The van der Waals surface area contributed by atoms with E-state index < -0.39 is 0 Å². The van der Waals surface area contributed by atoms with Crippen molar-refractivity contribution >= 4 is 11.7 Å². The zero-order valence-electron chi connectivity index (χ0n) is 8.08. The van der Waals surface area contributed by atoms with Crippen LogP contribution in [-0.2, 0) is 4.79 Å². The maximum absolute atomic E-state index is 11.5. The number of unbranched alkanes of at least 4 members (excludes halogenated alkanes) is 1. The SMILES string of the molecule is CCCCC(=O)N(C)c1ccn[nH]1. The monoisotopic (exact) mass is 181 g/mol. The second kappa shape index (κ2) is 4.64. The van der Waals surface area contributed by atoms with Gasteiger partial charge in [-0.15, -0.1) is 0 Å². The lowest BCUT2D eigenvalue weighted by molar-refractivity contribution is -0.118. The fourth-order valence-electron chi connectivity index (χ4n) is 1.07. The van der Waals surface area contributed by atoms with Crippen LogP contribution in [0.3, 0.4) is 0 Å². The number of rotatable bonds is 4. The molecule has 0 saturated carbocycles. The molecular weight excluding hydrogens is 166 g/mol. The molecule has 1 rings (SSSR count). The van der Waals surface area contributed by atoms with Crippen molar-refractivity contribution in [3.63, 3.8) is 0 Å². The van der Waals surface area contributed by atoms with Crippen LogP contribution in [0.4, 0.5) is 5.82 Å². The molecule has 1 aromatic rings. The number of hydrogen-bond acceptors (Lipinski definition) is 2. The van der Waals surface area contributed by atoms with Crippen LogP contribution in [0.2, 0.25) is 0 Å². The van der Waals surface area contributed by atoms with Gasteiger partial charge in [0, 0.05) is 19.5 Å². The minimum absolute atomic E-state index is 0.131. The third kappa shape index (κ3) is 2.57. The first-order valence-electron chi connectivity index (χ1n) is 4.51. The molecule has 1 heterocycles. The van der Waals surface area contributed by atoms with E-state index >= 15 is 0 Å². The highest BCUT2D eigenvalue weighted by atomic mass is 16.2. The summed E-state index contributed by atoms with van der Waals surface area (Å²) in [5.74, 6) is 0.882. The summed E-state index contributed by atoms with van der Waals surface area (Å²) in [4.78, 5) is 13.1. The zero-order chi connectivity index (χ0) is 9.68. The summed E-state index contributed by atoms with van der Waals surface area (Å²) in [6.45, 7) is 2.07. The van der Waals surface area contributed by atoms with E-state index in [-0.39, 0.29) is 5.91 Å². The van der Waals surface area contributed by atoms with Crippen LogP contribution >= 0.6 is 0 Å². The summed E-state index contributed by atoms with van der Waals surface area (Å²) in [6.07, 6.45) is 4.23. The lowest BCUT2D eigenvalue weighted by atomic mass is 10.2. The van der Waals surface area contributed by atoms with Crippen molar-refractivity contribution in [2.45, 2.75) is 26.2 Å². The van der Waals surface area contributed by atoms with Crippen molar-refractivity contribution in [1.29, 1.82) is 0 Å². The molecule has 4 heteroatoms. The van der Waals surface area contributed by atoms with E-state index in [0.29, 0.717) is 6.42 Å². The second-order valence-electron chi connectivity index (χ2n) is 3.00. The minimum Gasteiger partial charge on any atom is -0.300 e. The highest BCUT2D eigenvalue weighted by Gasteiger charge is 2.10. The molecular formula is C9H15N3O. The molecule has 0 aliphatic carbocycles. The zero-order valence-corrected chi connectivity index (χ0v) is 8.08. The lowest BCUT2D eigenvalue weighted by Gasteiger charge is -2.13. The number of hydrogen-bond donors (Lipinski definition) is 1. The Labute approximate surface area is 77.9 Å². The molecule has 0 aliphatic rings. The molecule has 0 aliphatic heterocycles. The van der Waals surface area contributed by atoms with E-state index in [9.17, 15) is 4.79 Å². The van der Waals surface area contributed by atoms with Crippen molar-refractivity contribution in [2.75, 3.05) is 11.9 Å². The Bertz CT molecular complexity index is 256. The van der Waals surface area contributed by atoms with E-state index in [1.807, 2.05) is 0 Å². The van der Waals surface area contributed by atoms with Crippen molar-refractivity contribution in [2.24, 2.45) is 0 Å². The number of aromatic amines is 1. The van der Waals surface area contributed by atoms with Crippen LogP contribution < -0.4 is 4.90 Å². The molecule has 1 N–H and O–H groups in total. The standard InChI is InChI=1S/C9H15N3O/c1-3-4-5-9(13)12(2)8-6-7-10-11-8/h6-7H,3-5H2,1-2H3,(H,10,11). The van der Waals surface area contributed by atoms with Gasteiger partial charge in [0.25, 0.3) is 0 Å². The third-order valence-corrected chi connectivity index (χ3v) is 1.97. The van der Waals surface area contributed by atoms with Crippen LogP contribution in [0.5, 0.6) is 0 Å². The van der Waals surface area contributed by atoms with Gasteiger partial charge in [-0.3, -0.25) is 9.89 Å². The van der Waals surface area contributed by atoms with Crippen LogP contribution in [0, 0.1) is 0 Å². The first kappa shape index (κ1) is 9.77. The molecule has 1 amide bonds. The fraction of sp³-hybridized carbons (Fsp3) is 0.556. The first-order chi connectivity index (χ1) is 6.25. The number of carbonyl (C=O) groups is 1. The molecule has 72 valence electrons. The molecule has 0 fully saturated rings. The smallest absolute Gasteiger partial charge is 0.227 e. The Morgan fingerprint density at radius 2 is 2.46 bits per heavy atom. The number of aromatic nitrogens is 2. The Hall–Kier alpha value is -1.32. The molecule has 1 aromatic heterocycles. The Morgan fingerprint density at radius 3 is 3.00 bits per heavy atom. The number of anilines is 1. The van der Waals surface area contributed by atoms with Crippen molar-refractivity contribution in [1.82, 2.24) is 10.2 Å². The lowest BCUT2D eigenvalue weighted by Crippen LogP contribution is -2.26. The molecule has 0 spiro atoms. The van der Waals surface area contributed by atoms with Gasteiger partial charge in [0.15, 0.2) is 0 Å². The summed E-state index contributed by atoms with van der Waals surface area (Å²) >= 11 is 0. The van der Waals surface area contributed by atoms with Crippen LogP contribution in [0.15, 0.2) is 12.3 Å². The Kier molecular flexibility index (Phi) is 3.49. The maximum Gasteiger partial charge on any atom is 0.227 e. The van der Waals surface area contributed by atoms with Gasteiger partial charge in [-0.2, -0.15) is 5.10 Å². The highest BCUT2D eigenvalue weighted by Crippen LogP contribution is 2.08. The summed E-state index contributed by atoms with van der Waals surface area (Å²) in [5, 5.41) is 6.54. The van der Waals surface area contributed by atoms with E-state index in [2.05, 4.69) is 17.1 Å². The number of amides is 1. The molecule has 0 saturated heterocycles. The summed E-state index contributed by atoms with van der Waals surface area (Å²) < 4.78 is 0. The number of H-pyrrole nitrogens is 1. The number of nitrogens with zero attached hydrogens (tertiary/aromatic N) is 2. The average molecular weight is 181 g/mol. The Morgan fingerprint density at radius 1 is 1.69 bits per heavy atom. The third-order valence-electron chi connectivity index (χ3n) is 1.97. The van der Waals surface area contributed by atoms with E-state index in [4.69, 9.17) is 0 Å². The largest absolute Gasteiger partial charge is 0.300 e. The van der Waals surface area contributed by atoms with Gasteiger partial charge in [-0.1, -0.05) is 13.3 Å². The number of nitrogens with one attached hydrogen (secondary N) is 1. The van der Waals surface area contributed by atoms with Gasteiger partial charge in [-0.05, 0) is 6.42 Å². The molecule has 13 heavy (non-hydrogen) atoms. The molecule has 4 nitrogen and oxygen atoms in total. The normalized spacial score (nSPS) is 10.0. The van der Waals surface area contributed by atoms with Gasteiger partial charge < -0.3 is 4.90 Å². The average Bonchev–Trinajstić information content (AvgIpc) is 2.65. The van der Waals surface area contributed by atoms with Crippen LogP contribution in [0.25, 0.3) is 0 Å². The topological polar surface area (TPSA) is 49.0 Å². The van der Waals surface area contributed by atoms with E-state index in [1.165, 1.54) is 0 Å². The van der Waals surface area contributed by atoms with Gasteiger partial charge in [0.1, 0.15) is 5.82 Å². The molecule has 0 aromatic carbocycles. The van der Waals surface area contributed by atoms with E-state index in [1.54, 1.807) is 24.2 Å². The van der Waals surface area contributed by atoms with Crippen molar-refractivity contribution in [3.8, 4) is 0 Å². The predicted octanol–water partition coefficient (Wildman–Crippen LogP) is 1.56. The minimum atomic E-state index is 0.131. The predicted molar refractivity (Wildman–Crippen MR) is 51.5 cm³/mol. The van der Waals surface area contributed by atoms with E-state index in [0.717, 1.165) is 18.7 Å². The molecule has 0 atom stereocenters. The fourth-order valence-corrected chi connectivity index (χ4v) is 1.07. The van der Waals surface area contributed by atoms with Gasteiger partial charge in [0.2, 0.25) is 5.91 Å². The number of carbonyl (C=O) groups excluding carboxylic acids is 1. The summed E-state index contributed by atoms with van der Waals surface area (Å²) in [5.41, 5.74) is 0. The summed E-state index contributed by atoms with van der Waals surface area (Å²) in [7, 11) is 1.76. The molecule has 0 radical (unpaired) electrons. The van der Waals surface area contributed by atoms with Crippen molar-refractivity contribution < 1.29 is 4.79 Å². The first-order valence-corrected chi connectivity index (χ1v) is 4.51. The van der Waals surface area contributed by atoms with Gasteiger partial charge >= 0.3 is 0 Å². The quantitative estimate of drug-likeness (QED) is 0.766. The molecule has 0 unspecified atom stereocenters. The Balaban J connectivity index is 2.48. The highest BCUT2D eigenvalue weighted by molar-refractivity contribution is 5.91. The van der Waals surface area contributed by atoms with Gasteiger partial charge in [-0.25, -0.2) is 0 Å². The second-order valence-corrected chi connectivity index (χ2v) is 3.00.